The van der Waals surface area contributed by atoms with Crippen LogP contribution in [0.15, 0.2) is 27.4 Å². The van der Waals surface area contributed by atoms with Crippen LogP contribution in [-0.4, -0.2) is 0 Å². The van der Waals surface area contributed by atoms with Crippen molar-refractivity contribution in [2.24, 2.45) is 5.73 Å². The Morgan fingerprint density at radius 2 is 2.45 bits per heavy atom. The first-order valence-corrected chi connectivity index (χ1v) is 4.93. The van der Waals surface area contributed by atoms with E-state index < -0.39 is 0 Å². The Balaban J connectivity index is 2.84. The molecule has 11 heavy (non-hydrogen) atoms. The van der Waals surface area contributed by atoms with Gasteiger partial charge in [-0.3, -0.25) is 0 Å². The van der Waals surface area contributed by atoms with Crippen molar-refractivity contribution in [2.45, 2.75) is 13.0 Å². The smallest absolute Gasteiger partial charge is 0.0701 e. The number of hydrogen-bond donors (Lipinski definition) is 1. The van der Waals surface area contributed by atoms with E-state index in [9.17, 15) is 0 Å². The van der Waals surface area contributed by atoms with Crippen LogP contribution in [0.4, 0.5) is 0 Å². The van der Waals surface area contributed by atoms with E-state index in [-0.39, 0.29) is 6.04 Å². The fourth-order valence-electron chi connectivity index (χ4n) is 0.771. The fourth-order valence-corrected chi connectivity index (χ4v) is 1.98. The Bertz CT molecular complexity index is 267. The molecule has 60 valence electrons. The lowest BCUT2D eigenvalue weighted by atomic mass is 10.1. The van der Waals surface area contributed by atoms with Crippen molar-refractivity contribution in [1.82, 2.24) is 0 Å². The Hall–Kier alpha value is -0.120. The molecule has 0 saturated carbocycles. The summed E-state index contributed by atoms with van der Waals surface area (Å²) in [6, 6.07) is 2.02. The Morgan fingerprint density at radius 3 is 2.82 bits per heavy atom. The predicted molar refractivity (Wildman–Crippen MR) is 53.8 cm³/mol. The van der Waals surface area contributed by atoms with Gasteiger partial charge in [-0.25, -0.2) is 0 Å². The molecule has 0 spiro atoms. The maximum atomic E-state index is 5.84. The quantitative estimate of drug-likeness (QED) is 0.779. The molecule has 0 bridgehead atoms. The van der Waals surface area contributed by atoms with Gasteiger partial charge >= 0.3 is 0 Å². The van der Waals surface area contributed by atoms with Crippen LogP contribution in [0.5, 0.6) is 0 Å². The van der Waals surface area contributed by atoms with Crippen molar-refractivity contribution < 1.29 is 0 Å². The third-order valence-electron chi connectivity index (χ3n) is 1.48. The highest BCUT2D eigenvalue weighted by molar-refractivity contribution is 9.11. The minimum absolute atomic E-state index is 0.0162. The maximum absolute atomic E-state index is 5.84. The molecule has 0 aromatic carbocycles. The van der Waals surface area contributed by atoms with Gasteiger partial charge in [0.25, 0.3) is 0 Å². The van der Waals surface area contributed by atoms with Crippen LogP contribution in [0.1, 0.15) is 18.5 Å². The summed E-state index contributed by atoms with van der Waals surface area (Å²) in [5, 5.41) is 2.05. The summed E-state index contributed by atoms with van der Waals surface area (Å²) in [5.74, 6) is 0. The third kappa shape index (κ3) is 2.15. The molecule has 1 nitrogen and oxygen atoms in total. The molecule has 0 amide bonds. The average Bonchev–Trinajstić information content (AvgIpc) is 2.34. The Labute approximate surface area is 79.0 Å². The molecule has 0 saturated heterocycles. The normalized spacial score (nSPS) is 13.0. The van der Waals surface area contributed by atoms with E-state index in [1.807, 2.05) is 18.4 Å². The third-order valence-corrected chi connectivity index (χ3v) is 3.00. The van der Waals surface area contributed by atoms with Gasteiger partial charge in [-0.05, 0) is 39.9 Å². The molecular weight excluding hydrogens is 222 g/mol. The largest absolute Gasteiger partial charge is 0.321 e. The van der Waals surface area contributed by atoms with E-state index in [0.717, 1.165) is 14.9 Å². The molecular formula is C8H10BrNS. The van der Waals surface area contributed by atoms with E-state index >= 15 is 0 Å². The van der Waals surface area contributed by atoms with Gasteiger partial charge in [0.15, 0.2) is 0 Å². The van der Waals surface area contributed by atoms with Crippen LogP contribution in [0.2, 0.25) is 0 Å². The SMILES string of the molecule is C=C(C)C(N)c1csc(Br)c1. The van der Waals surface area contributed by atoms with Gasteiger partial charge in [-0.2, -0.15) is 0 Å². The molecule has 0 radical (unpaired) electrons. The molecule has 0 aliphatic carbocycles. The van der Waals surface area contributed by atoms with E-state index in [0.29, 0.717) is 0 Å². The van der Waals surface area contributed by atoms with Gasteiger partial charge in [0.2, 0.25) is 0 Å². The molecule has 1 aromatic rings. The van der Waals surface area contributed by atoms with E-state index in [1.165, 1.54) is 0 Å². The minimum atomic E-state index is -0.0162. The summed E-state index contributed by atoms with van der Waals surface area (Å²) < 4.78 is 1.12. The Kier molecular flexibility index (Phi) is 2.87. The first-order chi connectivity index (χ1) is 5.11. The molecule has 1 heterocycles. The highest BCUT2D eigenvalue weighted by Gasteiger charge is 2.07. The molecule has 0 fully saturated rings. The number of thiophene rings is 1. The molecule has 1 atom stereocenters. The van der Waals surface area contributed by atoms with Gasteiger partial charge in [0.1, 0.15) is 0 Å². The number of nitrogens with two attached hydrogens (primary N) is 1. The second-order valence-corrected chi connectivity index (χ2v) is 4.80. The van der Waals surface area contributed by atoms with Crippen molar-refractivity contribution in [2.75, 3.05) is 0 Å². The van der Waals surface area contributed by atoms with Crippen molar-refractivity contribution >= 4 is 27.3 Å². The lowest BCUT2D eigenvalue weighted by molar-refractivity contribution is 0.855. The van der Waals surface area contributed by atoms with Crippen LogP contribution in [0.25, 0.3) is 0 Å². The van der Waals surface area contributed by atoms with Gasteiger partial charge in [0, 0.05) is 0 Å². The second kappa shape index (κ2) is 3.52. The first-order valence-electron chi connectivity index (χ1n) is 3.26. The second-order valence-electron chi connectivity index (χ2n) is 2.51. The molecule has 2 N–H and O–H groups in total. The minimum Gasteiger partial charge on any atom is -0.321 e. The van der Waals surface area contributed by atoms with E-state index in [2.05, 4.69) is 22.5 Å². The highest BCUT2D eigenvalue weighted by atomic mass is 79.9. The standard InChI is InChI=1S/C8H10BrNS/c1-5(2)8(10)6-3-7(9)11-4-6/h3-4,8H,1,10H2,2H3. The molecule has 1 aromatic heterocycles. The van der Waals surface area contributed by atoms with Crippen LogP contribution in [0.3, 0.4) is 0 Å². The summed E-state index contributed by atoms with van der Waals surface area (Å²) in [5.41, 5.74) is 7.97. The van der Waals surface area contributed by atoms with Crippen molar-refractivity contribution in [3.63, 3.8) is 0 Å². The number of halogens is 1. The number of rotatable bonds is 2. The maximum Gasteiger partial charge on any atom is 0.0701 e. The summed E-state index contributed by atoms with van der Waals surface area (Å²) >= 11 is 5.03. The van der Waals surface area contributed by atoms with Crippen LogP contribution >= 0.6 is 27.3 Å². The molecule has 0 aliphatic rings. The number of hydrogen-bond acceptors (Lipinski definition) is 2. The Morgan fingerprint density at radius 1 is 1.82 bits per heavy atom. The molecule has 3 heteroatoms. The van der Waals surface area contributed by atoms with Crippen molar-refractivity contribution in [3.8, 4) is 0 Å². The summed E-state index contributed by atoms with van der Waals surface area (Å²) in [6.07, 6.45) is 0. The van der Waals surface area contributed by atoms with Gasteiger partial charge in [0.05, 0.1) is 9.83 Å². The van der Waals surface area contributed by atoms with E-state index in [1.54, 1.807) is 11.3 Å². The zero-order valence-corrected chi connectivity index (χ0v) is 8.71. The zero-order chi connectivity index (χ0) is 8.43. The highest BCUT2D eigenvalue weighted by Crippen LogP contribution is 2.26. The topological polar surface area (TPSA) is 26.0 Å². The predicted octanol–water partition coefficient (Wildman–Crippen LogP) is 3.09. The van der Waals surface area contributed by atoms with E-state index in [4.69, 9.17) is 5.73 Å². The monoisotopic (exact) mass is 231 g/mol. The summed E-state index contributed by atoms with van der Waals surface area (Å²) in [4.78, 5) is 0. The fraction of sp³-hybridized carbons (Fsp3) is 0.250. The summed E-state index contributed by atoms with van der Waals surface area (Å²) in [7, 11) is 0. The lowest BCUT2D eigenvalue weighted by Gasteiger charge is -2.07. The van der Waals surface area contributed by atoms with Crippen molar-refractivity contribution in [3.05, 3.63) is 32.9 Å². The van der Waals surface area contributed by atoms with Gasteiger partial charge in [-0.1, -0.05) is 12.2 Å². The van der Waals surface area contributed by atoms with Crippen LogP contribution in [-0.2, 0) is 0 Å². The van der Waals surface area contributed by atoms with Crippen LogP contribution < -0.4 is 5.73 Å². The van der Waals surface area contributed by atoms with Crippen LogP contribution in [0, 0.1) is 0 Å². The zero-order valence-electron chi connectivity index (χ0n) is 6.30. The van der Waals surface area contributed by atoms with Gasteiger partial charge in [-0.15, -0.1) is 11.3 Å². The molecule has 0 aliphatic heterocycles. The molecule has 1 rings (SSSR count). The first kappa shape index (κ1) is 8.97. The lowest BCUT2D eigenvalue weighted by Crippen LogP contribution is -2.09. The van der Waals surface area contributed by atoms with Gasteiger partial charge < -0.3 is 5.73 Å². The summed E-state index contributed by atoms with van der Waals surface area (Å²) in [6.45, 7) is 5.75. The average molecular weight is 232 g/mol. The van der Waals surface area contributed by atoms with Crippen molar-refractivity contribution in [1.29, 1.82) is 0 Å². The molecule has 1 unspecified atom stereocenters.